The lowest BCUT2D eigenvalue weighted by Crippen LogP contribution is -2.43. The van der Waals surface area contributed by atoms with E-state index in [0.29, 0.717) is 16.5 Å². The molecule has 0 saturated heterocycles. The molecule has 1 rings (SSSR count). The van der Waals surface area contributed by atoms with Gasteiger partial charge in [0, 0.05) is 18.1 Å². The maximum atomic E-state index is 9.24. The summed E-state index contributed by atoms with van der Waals surface area (Å²) in [6.45, 7) is 4.13. The fourth-order valence-corrected chi connectivity index (χ4v) is 2.66. The van der Waals surface area contributed by atoms with E-state index in [1.165, 1.54) is 0 Å². The van der Waals surface area contributed by atoms with Crippen molar-refractivity contribution in [2.75, 3.05) is 6.61 Å². The number of hydrogen-bond acceptors (Lipinski definition) is 2. The monoisotopic (exact) mass is 275 g/mol. The summed E-state index contributed by atoms with van der Waals surface area (Å²) in [6.07, 6.45) is 1.39. The Morgan fingerprint density at radius 1 is 1.41 bits per heavy atom. The Labute approximate surface area is 113 Å². The average molecular weight is 276 g/mol. The van der Waals surface area contributed by atoms with E-state index in [2.05, 4.69) is 0 Å². The fraction of sp³-hybridized carbons (Fsp3) is 0.538. The number of benzene rings is 1. The standard InChI is InChI=1S/C13H19Cl2NO/c1-3-11(16)13(2,7-8-17)9-5-4-6-10(14)12(9)15/h4-6,11,17H,3,7-8,16H2,1-2H3. The smallest absolute Gasteiger partial charge is 0.0630 e. The summed E-state index contributed by atoms with van der Waals surface area (Å²) >= 11 is 12.3. The fourth-order valence-electron chi connectivity index (χ4n) is 2.15. The molecule has 1 aromatic carbocycles. The first kappa shape index (κ1) is 14.8. The van der Waals surface area contributed by atoms with Gasteiger partial charge in [-0.1, -0.05) is 49.2 Å². The van der Waals surface area contributed by atoms with Crippen LogP contribution >= 0.6 is 23.2 Å². The maximum Gasteiger partial charge on any atom is 0.0630 e. The second-order valence-corrected chi connectivity index (χ2v) is 5.29. The van der Waals surface area contributed by atoms with Crippen molar-refractivity contribution in [1.29, 1.82) is 0 Å². The molecule has 2 atom stereocenters. The first-order chi connectivity index (χ1) is 7.97. The molecule has 0 amide bonds. The molecule has 1 aromatic rings. The molecule has 0 heterocycles. The Morgan fingerprint density at radius 2 is 2.06 bits per heavy atom. The predicted molar refractivity (Wildman–Crippen MR) is 73.8 cm³/mol. The van der Waals surface area contributed by atoms with Crippen molar-refractivity contribution < 1.29 is 5.11 Å². The number of aliphatic hydroxyl groups is 1. The van der Waals surface area contributed by atoms with E-state index < -0.39 is 0 Å². The quantitative estimate of drug-likeness (QED) is 0.866. The van der Waals surface area contributed by atoms with Crippen molar-refractivity contribution in [3.63, 3.8) is 0 Å². The van der Waals surface area contributed by atoms with E-state index in [1.807, 2.05) is 26.0 Å². The molecule has 0 bridgehead atoms. The summed E-state index contributed by atoms with van der Waals surface area (Å²) in [5.74, 6) is 0. The van der Waals surface area contributed by atoms with Crippen molar-refractivity contribution in [2.45, 2.75) is 38.1 Å². The normalized spacial score (nSPS) is 16.6. The molecule has 0 fully saturated rings. The van der Waals surface area contributed by atoms with Crippen molar-refractivity contribution >= 4 is 23.2 Å². The second kappa shape index (κ2) is 6.05. The van der Waals surface area contributed by atoms with Crippen LogP contribution < -0.4 is 5.73 Å². The Kier molecular flexibility index (Phi) is 5.26. The summed E-state index contributed by atoms with van der Waals surface area (Å²) in [5.41, 5.74) is 6.73. The third kappa shape index (κ3) is 2.94. The van der Waals surface area contributed by atoms with Crippen molar-refractivity contribution in [3.8, 4) is 0 Å². The van der Waals surface area contributed by atoms with Gasteiger partial charge in [0.1, 0.15) is 0 Å². The largest absolute Gasteiger partial charge is 0.396 e. The lowest BCUT2D eigenvalue weighted by molar-refractivity contribution is 0.223. The first-order valence-corrected chi connectivity index (χ1v) is 6.54. The summed E-state index contributed by atoms with van der Waals surface area (Å²) in [4.78, 5) is 0. The van der Waals surface area contributed by atoms with E-state index in [1.54, 1.807) is 6.07 Å². The van der Waals surface area contributed by atoms with Gasteiger partial charge < -0.3 is 10.8 Å². The molecule has 17 heavy (non-hydrogen) atoms. The van der Waals surface area contributed by atoms with Crippen LogP contribution in [0.2, 0.25) is 10.0 Å². The summed E-state index contributed by atoms with van der Waals surface area (Å²) in [5, 5.41) is 10.3. The molecule has 4 heteroatoms. The zero-order valence-electron chi connectivity index (χ0n) is 10.2. The molecular weight excluding hydrogens is 257 g/mol. The number of aliphatic hydroxyl groups excluding tert-OH is 1. The summed E-state index contributed by atoms with van der Waals surface area (Å²) in [6, 6.07) is 5.48. The molecule has 0 aliphatic heterocycles. The number of rotatable bonds is 5. The van der Waals surface area contributed by atoms with Crippen LogP contribution in [0.15, 0.2) is 18.2 Å². The van der Waals surface area contributed by atoms with Crippen molar-refractivity contribution in [3.05, 3.63) is 33.8 Å². The third-order valence-electron chi connectivity index (χ3n) is 3.46. The van der Waals surface area contributed by atoms with Crippen LogP contribution in [0.25, 0.3) is 0 Å². The zero-order valence-corrected chi connectivity index (χ0v) is 11.7. The molecule has 0 aliphatic carbocycles. The molecule has 0 spiro atoms. The highest BCUT2D eigenvalue weighted by Gasteiger charge is 2.34. The van der Waals surface area contributed by atoms with Gasteiger partial charge in [0.15, 0.2) is 0 Å². The van der Waals surface area contributed by atoms with Crippen LogP contribution in [0.3, 0.4) is 0 Å². The number of nitrogens with two attached hydrogens (primary N) is 1. The topological polar surface area (TPSA) is 46.2 Å². The van der Waals surface area contributed by atoms with Crippen LogP contribution in [0.1, 0.15) is 32.3 Å². The number of halogens is 2. The molecule has 0 aliphatic rings. The van der Waals surface area contributed by atoms with Crippen molar-refractivity contribution in [1.82, 2.24) is 0 Å². The molecular formula is C13H19Cl2NO. The van der Waals surface area contributed by atoms with Gasteiger partial charge in [0.25, 0.3) is 0 Å². The summed E-state index contributed by atoms with van der Waals surface area (Å²) < 4.78 is 0. The van der Waals surface area contributed by atoms with Gasteiger partial charge in [0.2, 0.25) is 0 Å². The van der Waals surface area contributed by atoms with Crippen molar-refractivity contribution in [2.24, 2.45) is 5.73 Å². The van der Waals surface area contributed by atoms with Gasteiger partial charge in [-0.3, -0.25) is 0 Å². The van der Waals surface area contributed by atoms with Gasteiger partial charge >= 0.3 is 0 Å². The zero-order chi connectivity index (χ0) is 13.1. The van der Waals surface area contributed by atoms with Crippen LogP contribution in [0.5, 0.6) is 0 Å². The molecule has 2 nitrogen and oxygen atoms in total. The summed E-state index contributed by atoms with van der Waals surface area (Å²) in [7, 11) is 0. The van der Waals surface area contributed by atoms with E-state index in [0.717, 1.165) is 12.0 Å². The molecule has 0 aromatic heterocycles. The Hall–Kier alpha value is -0.280. The van der Waals surface area contributed by atoms with E-state index in [4.69, 9.17) is 28.9 Å². The molecule has 96 valence electrons. The molecule has 0 saturated carbocycles. The highest BCUT2D eigenvalue weighted by molar-refractivity contribution is 6.42. The van der Waals surface area contributed by atoms with Crippen LogP contribution in [0.4, 0.5) is 0 Å². The van der Waals surface area contributed by atoms with E-state index >= 15 is 0 Å². The molecule has 2 unspecified atom stereocenters. The minimum absolute atomic E-state index is 0.0642. The highest BCUT2D eigenvalue weighted by Crippen LogP contribution is 2.39. The Morgan fingerprint density at radius 3 is 2.59 bits per heavy atom. The highest BCUT2D eigenvalue weighted by atomic mass is 35.5. The van der Waals surface area contributed by atoms with E-state index in [9.17, 15) is 5.11 Å². The second-order valence-electron chi connectivity index (χ2n) is 4.51. The van der Waals surface area contributed by atoms with Gasteiger partial charge in [0.05, 0.1) is 10.0 Å². The Balaban J connectivity index is 3.27. The van der Waals surface area contributed by atoms with Gasteiger partial charge in [-0.15, -0.1) is 0 Å². The third-order valence-corrected chi connectivity index (χ3v) is 4.28. The average Bonchev–Trinajstić information content (AvgIpc) is 2.31. The minimum Gasteiger partial charge on any atom is -0.396 e. The lowest BCUT2D eigenvalue weighted by atomic mass is 9.73. The van der Waals surface area contributed by atoms with Crippen LogP contribution in [0, 0.1) is 0 Å². The molecule has 0 radical (unpaired) electrons. The first-order valence-electron chi connectivity index (χ1n) is 5.78. The molecule has 3 N–H and O–H groups in total. The minimum atomic E-state index is -0.356. The van der Waals surface area contributed by atoms with Crippen LogP contribution in [-0.4, -0.2) is 17.8 Å². The SMILES string of the molecule is CCC(N)C(C)(CCO)c1cccc(Cl)c1Cl. The van der Waals surface area contributed by atoms with Gasteiger partial charge in [-0.25, -0.2) is 0 Å². The number of hydrogen-bond donors (Lipinski definition) is 2. The lowest BCUT2D eigenvalue weighted by Gasteiger charge is -2.36. The van der Waals surface area contributed by atoms with E-state index in [-0.39, 0.29) is 18.1 Å². The Bertz CT molecular complexity index is 384. The van der Waals surface area contributed by atoms with Gasteiger partial charge in [-0.05, 0) is 24.5 Å². The predicted octanol–water partition coefficient (Wildman–Crippen LogP) is 3.37. The van der Waals surface area contributed by atoms with Crippen LogP contribution in [-0.2, 0) is 5.41 Å². The van der Waals surface area contributed by atoms with Gasteiger partial charge in [-0.2, -0.15) is 0 Å². The maximum absolute atomic E-state index is 9.24.